The molecule has 0 bridgehead atoms. The molecule has 0 amide bonds. The van der Waals surface area contributed by atoms with Gasteiger partial charge in [0.2, 0.25) is 0 Å². The second kappa shape index (κ2) is 6.52. The van der Waals surface area contributed by atoms with Crippen LogP contribution in [0.25, 0.3) is 0 Å². The number of carbonyl (C=O) groups is 1. The van der Waals surface area contributed by atoms with Crippen LogP contribution in [0.2, 0.25) is 0 Å². The number of aliphatic hydroxyl groups is 1. The van der Waals surface area contributed by atoms with Crippen molar-refractivity contribution in [2.75, 3.05) is 20.3 Å². The molecule has 18 heavy (non-hydrogen) atoms. The monoisotopic (exact) mass is 251 g/mol. The van der Waals surface area contributed by atoms with Crippen molar-refractivity contribution in [3.63, 3.8) is 0 Å². The van der Waals surface area contributed by atoms with Gasteiger partial charge in [-0.1, -0.05) is 37.3 Å². The summed E-state index contributed by atoms with van der Waals surface area (Å²) in [5.74, 6) is -0.500. The van der Waals surface area contributed by atoms with Crippen molar-refractivity contribution in [2.24, 2.45) is 5.92 Å². The molecule has 2 atom stereocenters. The Labute approximate surface area is 108 Å². The molecular formula is C14H21NO3. The fourth-order valence-electron chi connectivity index (χ4n) is 1.72. The van der Waals surface area contributed by atoms with Crippen LogP contribution in [-0.4, -0.2) is 31.3 Å². The molecule has 0 radical (unpaired) electrons. The third-order valence-corrected chi connectivity index (χ3v) is 3.13. The molecule has 0 aliphatic heterocycles. The van der Waals surface area contributed by atoms with Gasteiger partial charge in [-0.2, -0.15) is 0 Å². The zero-order chi connectivity index (χ0) is 13.6. The van der Waals surface area contributed by atoms with Crippen molar-refractivity contribution < 1.29 is 14.6 Å². The second-order valence-corrected chi connectivity index (χ2v) is 4.66. The molecular weight excluding hydrogens is 230 g/mol. The molecule has 100 valence electrons. The van der Waals surface area contributed by atoms with Crippen LogP contribution in [0.5, 0.6) is 0 Å². The Bertz CT molecular complexity index is 380. The Morgan fingerprint density at radius 1 is 1.44 bits per heavy atom. The van der Waals surface area contributed by atoms with E-state index in [1.807, 2.05) is 37.3 Å². The lowest BCUT2D eigenvalue weighted by molar-refractivity contribution is -0.144. The Balaban J connectivity index is 2.70. The van der Waals surface area contributed by atoms with E-state index in [0.717, 1.165) is 5.56 Å². The number of rotatable bonds is 6. The van der Waals surface area contributed by atoms with Gasteiger partial charge in [0.05, 0.1) is 25.2 Å². The highest BCUT2D eigenvalue weighted by Gasteiger charge is 2.26. The lowest BCUT2D eigenvalue weighted by atomic mass is 9.92. The summed E-state index contributed by atoms with van der Waals surface area (Å²) in [5, 5.41) is 12.8. The summed E-state index contributed by atoms with van der Waals surface area (Å²) in [7, 11) is 1.38. The van der Waals surface area contributed by atoms with Crippen LogP contribution in [0.4, 0.5) is 0 Å². The smallest absolute Gasteiger partial charge is 0.309 e. The molecule has 0 fully saturated rings. The third kappa shape index (κ3) is 3.55. The molecule has 0 aliphatic carbocycles. The van der Waals surface area contributed by atoms with Crippen LogP contribution in [0.3, 0.4) is 0 Å². The normalized spacial score (nSPS) is 15.8. The first kappa shape index (κ1) is 14.7. The first-order valence-electron chi connectivity index (χ1n) is 6.02. The van der Waals surface area contributed by atoms with Crippen LogP contribution in [0.1, 0.15) is 19.4 Å². The fourth-order valence-corrected chi connectivity index (χ4v) is 1.72. The maximum absolute atomic E-state index is 11.3. The van der Waals surface area contributed by atoms with Crippen molar-refractivity contribution in [3.05, 3.63) is 35.9 Å². The molecule has 1 aromatic rings. The molecule has 0 aliphatic rings. The highest BCUT2D eigenvalue weighted by Crippen LogP contribution is 2.20. The SMILES string of the molecule is COC(=O)C(C)CNC(C)(CO)c1ccccc1. The van der Waals surface area contributed by atoms with Gasteiger partial charge in [0, 0.05) is 6.54 Å². The Kier molecular flexibility index (Phi) is 5.31. The molecule has 2 unspecified atom stereocenters. The maximum atomic E-state index is 11.3. The van der Waals surface area contributed by atoms with Crippen LogP contribution >= 0.6 is 0 Å². The van der Waals surface area contributed by atoms with Gasteiger partial charge in [-0.05, 0) is 12.5 Å². The van der Waals surface area contributed by atoms with Crippen LogP contribution in [0.15, 0.2) is 30.3 Å². The van der Waals surface area contributed by atoms with Gasteiger partial charge in [-0.25, -0.2) is 0 Å². The predicted molar refractivity (Wildman–Crippen MR) is 70.1 cm³/mol. The summed E-state index contributed by atoms with van der Waals surface area (Å²) in [4.78, 5) is 11.3. The molecule has 4 heteroatoms. The number of hydrogen-bond acceptors (Lipinski definition) is 4. The molecule has 0 saturated carbocycles. The number of hydrogen-bond donors (Lipinski definition) is 2. The molecule has 0 spiro atoms. The molecule has 2 N–H and O–H groups in total. The molecule has 0 heterocycles. The first-order valence-corrected chi connectivity index (χ1v) is 6.02. The van der Waals surface area contributed by atoms with E-state index in [2.05, 4.69) is 10.1 Å². The lowest BCUT2D eigenvalue weighted by Crippen LogP contribution is -2.45. The number of aliphatic hydroxyl groups excluding tert-OH is 1. The minimum Gasteiger partial charge on any atom is -0.469 e. The third-order valence-electron chi connectivity index (χ3n) is 3.13. The van der Waals surface area contributed by atoms with E-state index >= 15 is 0 Å². The number of methoxy groups -OCH3 is 1. The zero-order valence-corrected chi connectivity index (χ0v) is 11.1. The second-order valence-electron chi connectivity index (χ2n) is 4.66. The minimum atomic E-state index is -0.552. The van der Waals surface area contributed by atoms with Gasteiger partial charge in [0.25, 0.3) is 0 Å². The van der Waals surface area contributed by atoms with E-state index in [4.69, 9.17) is 0 Å². The highest BCUT2D eigenvalue weighted by molar-refractivity contribution is 5.72. The molecule has 1 rings (SSSR count). The van der Waals surface area contributed by atoms with Crippen LogP contribution in [-0.2, 0) is 15.1 Å². The van der Waals surface area contributed by atoms with E-state index in [9.17, 15) is 9.90 Å². The lowest BCUT2D eigenvalue weighted by Gasteiger charge is -2.30. The van der Waals surface area contributed by atoms with Gasteiger partial charge in [0.15, 0.2) is 0 Å². The van der Waals surface area contributed by atoms with E-state index < -0.39 is 5.54 Å². The summed E-state index contributed by atoms with van der Waals surface area (Å²) in [6.45, 7) is 4.12. The van der Waals surface area contributed by atoms with E-state index in [1.165, 1.54) is 7.11 Å². The average molecular weight is 251 g/mol. The molecule has 0 saturated heterocycles. The number of ether oxygens (including phenoxy) is 1. The maximum Gasteiger partial charge on any atom is 0.309 e. The van der Waals surface area contributed by atoms with Gasteiger partial charge in [-0.15, -0.1) is 0 Å². The van der Waals surface area contributed by atoms with E-state index in [1.54, 1.807) is 6.92 Å². The average Bonchev–Trinajstić information content (AvgIpc) is 2.44. The largest absolute Gasteiger partial charge is 0.469 e. The predicted octanol–water partition coefficient (Wildman–Crippen LogP) is 1.29. The quantitative estimate of drug-likeness (QED) is 0.748. The Morgan fingerprint density at radius 2 is 2.06 bits per heavy atom. The van der Waals surface area contributed by atoms with Gasteiger partial charge < -0.3 is 15.2 Å². The topological polar surface area (TPSA) is 58.6 Å². The van der Waals surface area contributed by atoms with Gasteiger partial charge in [0.1, 0.15) is 0 Å². The summed E-state index contributed by atoms with van der Waals surface area (Å²) < 4.78 is 4.68. The standard InChI is InChI=1S/C14H21NO3/c1-11(13(17)18-3)9-15-14(2,10-16)12-7-5-4-6-8-12/h4-8,11,15-16H,9-10H2,1-3H3. The summed E-state index contributed by atoms with van der Waals surface area (Å²) in [5.41, 5.74) is 0.438. The van der Waals surface area contributed by atoms with Crippen molar-refractivity contribution in [1.29, 1.82) is 0 Å². The zero-order valence-electron chi connectivity index (χ0n) is 11.1. The van der Waals surface area contributed by atoms with Crippen LogP contribution < -0.4 is 5.32 Å². The van der Waals surface area contributed by atoms with Gasteiger partial charge >= 0.3 is 5.97 Å². The van der Waals surface area contributed by atoms with Crippen molar-refractivity contribution in [1.82, 2.24) is 5.32 Å². The Hall–Kier alpha value is -1.39. The molecule has 4 nitrogen and oxygen atoms in total. The minimum absolute atomic E-state index is 0.0368. The number of carbonyl (C=O) groups excluding carboxylic acids is 1. The molecule has 1 aromatic carbocycles. The number of esters is 1. The first-order chi connectivity index (χ1) is 8.53. The summed E-state index contributed by atoms with van der Waals surface area (Å²) >= 11 is 0. The molecule has 0 aromatic heterocycles. The van der Waals surface area contributed by atoms with Crippen molar-refractivity contribution in [2.45, 2.75) is 19.4 Å². The van der Waals surface area contributed by atoms with Crippen molar-refractivity contribution >= 4 is 5.97 Å². The highest BCUT2D eigenvalue weighted by atomic mass is 16.5. The van der Waals surface area contributed by atoms with Crippen molar-refractivity contribution in [3.8, 4) is 0 Å². The fraction of sp³-hybridized carbons (Fsp3) is 0.500. The van der Waals surface area contributed by atoms with Crippen LogP contribution in [0, 0.1) is 5.92 Å². The van der Waals surface area contributed by atoms with E-state index in [0.29, 0.717) is 6.54 Å². The van der Waals surface area contributed by atoms with E-state index in [-0.39, 0.29) is 18.5 Å². The Morgan fingerprint density at radius 3 is 2.56 bits per heavy atom. The van der Waals surface area contributed by atoms with Gasteiger partial charge in [-0.3, -0.25) is 4.79 Å². The number of nitrogens with one attached hydrogen (secondary N) is 1. The summed E-state index contributed by atoms with van der Waals surface area (Å²) in [6.07, 6.45) is 0. The summed E-state index contributed by atoms with van der Waals surface area (Å²) in [6, 6.07) is 9.68. The number of benzene rings is 1.